The molecule has 1 aliphatic rings. The second kappa shape index (κ2) is 7.78. The molecule has 106 valence electrons. The Hall–Kier alpha value is -0.570. The summed E-state index contributed by atoms with van der Waals surface area (Å²) >= 11 is 0. The summed E-state index contributed by atoms with van der Waals surface area (Å²) in [6.07, 6.45) is 6.13. The Balaban J connectivity index is 2.08. The van der Waals surface area contributed by atoms with Crippen molar-refractivity contribution in [2.75, 3.05) is 6.54 Å². The number of hydrogen-bond donors (Lipinski definition) is 2. The Morgan fingerprint density at radius 3 is 2.61 bits per heavy atom. The maximum Gasteiger partial charge on any atom is 0.303 e. The lowest BCUT2D eigenvalue weighted by atomic mass is 9.79. The van der Waals surface area contributed by atoms with E-state index in [2.05, 4.69) is 26.1 Å². The molecular weight excluding hydrogens is 226 g/mol. The molecule has 1 rings (SSSR count). The van der Waals surface area contributed by atoms with E-state index in [1.807, 2.05) is 0 Å². The molecule has 0 aromatic heterocycles. The van der Waals surface area contributed by atoms with Crippen LogP contribution in [0.5, 0.6) is 0 Å². The zero-order chi connectivity index (χ0) is 13.5. The van der Waals surface area contributed by atoms with Gasteiger partial charge >= 0.3 is 5.97 Å². The fraction of sp³-hybridized carbons (Fsp3) is 0.933. The van der Waals surface area contributed by atoms with E-state index in [0.29, 0.717) is 18.4 Å². The molecule has 3 heteroatoms. The summed E-state index contributed by atoms with van der Waals surface area (Å²) in [5.41, 5.74) is 0. The van der Waals surface area contributed by atoms with Crippen molar-refractivity contribution in [3.63, 3.8) is 0 Å². The van der Waals surface area contributed by atoms with Crippen LogP contribution < -0.4 is 5.32 Å². The van der Waals surface area contributed by atoms with Crippen LogP contribution >= 0.6 is 0 Å². The van der Waals surface area contributed by atoms with Gasteiger partial charge in [0.15, 0.2) is 0 Å². The van der Waals surface area contributed by atoms with E-state index in [1.165, 1.54) is 19.3 Å². The summed E-state index contributed by atoms with van der Waals surface area (Å²) in [6, 6.07) is 0.683. The normalized spacial score (nSPS) is 30.1. The van der Waals surface area contributed by atoms with Crippen molar-refractivity contribution < 1.29 is 9.90 Å². The molecular formula is C15H29NO2. The number of carboxylic acids is 1. The van der Waals surface area contributed by atoms with Gasteiger partial charge in [-0.15, -0.1) is 0 Å². The van der Waals surface area contributed by atoms with Gasteiger partial charge in [0.2, 0.25) is 0 Å². The zero-order valence-corrected chi connectivity index (χ0v) is 12.1. The van der Waals surface area contributed by atoms with Crippen LogP contribution in [0.1, 0.15) is 59.3 Å². The fourth-order valence-corrected chi connectivity index (χ4v) is 2.78. The van der Waals surface area contributed by atoms with Gasteiger partial charge in [0.25, 0.3) is 0 Å². The second-order valence-corrected chi connectivity index (χ2v) is 6.24. The summed E-state index contributed by atoms with van der Waals surface area (Å²) in [4.78, 5) is 10.5. The van der Waals surface area contributed by atoms with Crippen LogP contribution in [0.4, 0.5) is 0 Å². The summed E-state index contributed by atoms with van der Waals surface area (Å²) in [6.45, 7) is 7.89. The maximum atomic E-state index is 10.5. The first kappa shape index (κ1) is 15.5. The summed E-state index contributed by atoms with van der Waals surface area (Å²) in [7, 11) is 0. The minimum Gasteiger partial charge on any atom is -0.481 e. The van der Waals surface area contributed by atoms with Crippen LogP contribution in [0, 0.1) is 17.8 Å². The molecule has 0 radical (unpaired) electrons. The molecule has 2 N–H and O–H groups in total. The van der Waals surface area contributed by atoms with E-state index >= 15 is 0 Å². The number of nitrogens with one attached hydrogen (secondary N) is 1. The number of hydrogen-bond acceptors (Lipinski definition) is 2. The Kier molecular flexibility index (Phi) is 6.69. The van der Waals surface area contributed by atoms with Crippen LogP contribution in [0.25, 0.3) is 0 Å². The molecule has 0 heterocycles. The molecule has 0 amide bonds. The average molecular weight is 255 g/mol. The second-order valence-electron chi connectivity index (χ2n) is 6.24. The van der Waals surface area contributed by atoms with E-state index < -0.39 is 5.97 Å². The van der Waals surface area contributed by atoms with Crippen molar-refractivity contribution in [1.29, 1.82) is 0 Å². The number of carbonyl (C=O) groups is 1. The highest BCUT2D eigenvalue weighted by molar-refractivity contribution is 5.66. The van der Waals surface area contributed by atoms with Gasteiger partial charge in [-0.25, -0.2) is 0 Å². The summed E-state index contributed by atoms with van der Waals surface area (Å²) in [5, 5.41) is 12.3. The van der Waals surface area contributed by atoms with Crippen LogP contribution in [-0.4, -0.2) is 23.7 Å². The molecule has 1 fully saturated rings. The molecule has 0 aliphatic heterocycles. The topological polar surface area (TPSA) is 49.3 Å². The summed E-state index contributed by atoms with van der Waals surface area (Å²) < 4.78 is 0. The maximum absolute atomic E-state index is 10.5. The van der Waals surface area contributed by atoms with Gasteiger partial charge in [-0.1, -0.05) is 20.8 Å². The predicted octanol–water partition coefficient (Wildman–Crippen LogP) is 3.29. The van der Waals surface area contributed by atoms with Crippen molar-refractivity contribution >= 4 is 5.97 Å². The van der Waals surface area contributed by atoms with Gasteiger partial charge in [-0.05, 0) is 56.4 Å². The highest BCUT2D eigenvalue weighted by Gasteiger charge is 2.23. The molecule has 1 aliphatic carbocycles. The van der Waals surface area contributed by atoms with Gasteiger partial charge in [0.05, 0.1) is 0 Å². The molecule has 18 heavy (non-hydrogen) atoms. The molecule has 1 saturated carbocycles. The first-order chi connectivity index (χ1) is 8.49. The highest BCUT2D eigenvalue weighted by atomic mass is 16.4. The van der Waals surface area contributed by atoms with E-state index in [0.717, 1.165) is 31.2 Å². The van der Waals surface area contributed by atoms with Crippen LogP contribution in [-0.2, 0) is 4.79 Å². The third-order valence-corrected chi connectivity index (χ3v) is 4.52. The van der Waals surface area contributed by atoms with Crippen molar-refractivity contribution in [1.82, 2.24) is 5.32 Å². The standard InChI is InChI=1S/C15H29NO2/c1-11(4-7-15(17)18)8-9-16-14-6-5-12(2)13(3)10-14/h11-14,16H,4-10H2,1-3H3,(H,17,18). The lowest BCUT2D eigenvalue weighted by Crippen LogP contribution is -2.37. The Morgan fingerprint density at radius 1 is 1.28 bits per heavy atom. The third-order valence-electron chi connectivity index (χ3n) is 4.52. The largest absolute Gasteiger partial charge is 0.481 e. The molecule has 0 aromatic carbocycles. The first-order valence-corrected chi connectivity index (χ1v) is 7.44. The third kappa shape index (κ3) is 5.85. The van der Waals surface area contributed by atoms with Crippen LogP contribution in [0.2, 0.25) is 0 Å². The average Bonchev–Trinajstić information content (AvgIpc) is 2.31. The fourth-order valence-electron chi connectivity index (χ4n) is 2.78. The molecule has 4 unspecified atom stereocenters. The number of rotatable bonds is 7. The van der Waals surface area contributed by atoms with E-state index in [-0.39, 0.29) is 0 Å². The SMILES string of the molecule is CC(CCNC1CCC(C)C(C)C1)CCC(=O)O. The van der Waals surface area contributed by atoms with E-state index in [4.69, 9.17) is 5.11 Å². The number of aliphatic carboxylic acids is 1. The summed E-state index contributed by atoms with van der Waals surface area (Å²) in [5.74, 6) is 1.54. The molecule has 0 aromatic rings. The van der Waals surface area contributed by atoms with Gasteiger partial charge in [0.1, 0.15) is 0 Å². The minimum atomic E-state index is -0.676. The van der Waals surface area contributed by atoms with Gasteiger partial charge in [-0.2, -0.15) is 0 Å². The minimum absolute atomic E-state index is 0.305. The highest BCUT2D eigenvalue weighted by Crippen LogP contribution is 2.29. The molecule has 3 nitrogen and oxygen atoms in total. The van der Waals surface area contributed by atoms with Crippen molar-refractivity contribution in [3.05, 3.63) is 0 Å². The van der Waals surface area contributed by atoms with E-state index in [1.54, 1.807) is 0 Å². The quantitative estimate of drug-likeness (QED) is 0.734. The molecule has 4 atom stereocenters. The van der Waals surface area contributed by atoms with Gasteiger partial charge < -0.3 is 10.4 Å². The molecule has 0 bridgehead atoms. The van der Waals surface area contributed by atoms with Gasteiger partial charge in [-0.3, -0.25) is 4.79 Å². The zero-order valence-electron chi connectivity index (χ0n) is 12.1. The smallest absolute Gasteiger partial charge is 0.303 e. The van der Waals surface area contributed by atoms with Crippen molar-refractivity contribution in [2.24, 2.45) is 17.8 Å². The molecule has 0 saturated heterocycles. The van der Waals surface area contributed by atoms with Crippen molar-refractivity contribution in [2.45, 2.75) is 65.3 Å². The first-order valence-electron chi connectivity index (χ1n) is 7.44. The lowest BCUT2D eigenvalue weighted by Gasteiger charge is -2.32. The Bertz CT molecular complexity index is 255. The van der Waals surface area contributed by atoms with Crippen LogP contribution in [0.15, 0.2) is 0 Å². The van der Waals surface area contributed by atoms with E-state index in [9.17, 15) is 4.79 Å². The monoisotopic (exact) mass is 255 g/mol. The lowest BCUT2D eigenvalue weighted by molar-refractivity contribution is -0.137. The Morgan fingerprint density at radius 2 is 2.00 bits per heavy atom. The number of carboxylic acid groups (broad SMARTS) is 1. The predicted molar refractivity (Wildman–Crippen MR) is 74.6 cm³/mol. The Labute approximate surface area is 111 Å². The van der Waals surface area contributed by atoms with Crippen molar-refractivity contribution in [3.8, 4) is 0 Å². The van der Waals surface area contributed by atoms with Crippen LogP contribution in [0.3, 0.4) is 0 Å². The van der Waals surface area contributed by atoms with Gasteiger partial charge in [0, 0.05) is 12.5 Å². The molecule has 0 spiro atoms.